The maximum absolute atomic E-state index is 4.16. The van der Waals surface area contributed by atoms with Gasteiger partial charge in [-0.2, -0.15) is 0 Å². The molecule has 3 heteroatoms. The molecule has 3 rings (SSSR count). The molecule has 0 aliphatic rings. The van der Waals surface area contributed by atoms with Gasteiger partial charge < -0.3 is 0 Å². The normalized spacial score (nSPS) is 10.4. The van der Waals surface area contributed by atoms with E-state index in [1.807, 2.05) is 36.8 Å². The Morgan fingerprint density at radius 1 is 0.737 bits per heavy atom. The fourth-order valence-electron chi connectivity index (χ4n) is 1.99. The van der Waals surface area contributed by atoms with Crippen molar-refractivity contribution in [3.05, 3.63) is 70.8 Å². The van der Waals surface area contributed by atoms with Crippen LogP contribution in [0.3, 0.4) is 0 Å². The Morgan fingerprint density at radius 2 is 1.58 bits per heavy atom. The van der Waals surface area contributed by atoms with Crippen LogP contribution in [0.1, 0.15) is 0 Å². The maximum Gasteiger partial charge on any atom is 0.0346 e. The highest BCUT2D eigenvalue weighted by Crippen LogP contribution is 2.29. The second-order valence-electron chi connectivity index (χ2n) is 4.17. The summed E-state index contributed by atoms with van der Waals surface area (Å²) >= 11 is 2.38. The summed E-state index contributed by atoms with van der Waals surface area (Å²) in [7, 11) is 0. The first kappa shape index (κ1) is 12.3. The Bertz CT molecular complexity index is 682. The first-order valence-corrected chi connectivity index (χ1v) is 7.03. The Kier molecular flexibility index (Phi) is 3.55. The van der Waals surface area contributed by atoms with Crippen molar-refractivity contribution >= 4 is 22.6 Å². The zero-order valence-corrected chi connectivity index (χ0v) is 12.3. The lowest BCUT2D eigenvalue weighted by molar-refractivity contribution is 1.32. The second kappa shape index (κ2) is 5.48. The van der Waals surface area contributed by atoms with E-state index in [-0.39, 0.29) is 0 Å². The first-order valence-electron chi connectivity index (χ1n) is 5.95. The van der Waals surface area contributed by atoms with Crippen LogP contribution in [0, 0.1) is 3.57 Å². The smallest absolute Gasteiger partial charge is 0.0346 e. The molecule has 0 aliphatic carbocycles. The standard InChI is InChI=1S/C16H11IN2/c17-16-10-13(14-2-1-7-19-11-14)3-4-15(16)12-5-8-18-9-6-12/h1-11H. The average molecular weight is 358 g/mol. The number of hydrogen-bond donors (Lipinski definition) is 0. The monoisotopic (exact) mass is 358 g/mol. The summed E-state index contributed by atoms with van der Waals surface area (Å²) in [4.78, 5) is 8.22. The van der Waals surface area contributed by atoms with Gasteiger partial charge in [0.25, 0.3) is 0 Å². The van der Waals surface area contributed by atoms with E-state index in [0.29, 0.717) is 0 Å². The van der Waals surface area contributed by atoms with Crippen molar-refractivity contribution in [2.75, 3.05) is 0 Å². The van der Waals surface area contributed by atoms with Crippen molar-refractivity contribution in [2.45, 2.75) is 0 Å². The van der Waals surface area contributed by atoms with E-state index in [9.17, 15) is 0 Å². The summed E-state index contributed by atoms with van der Waals surface area (Å²) in [6.07, 6.45) is 7.32. The Morgan fingerprint density at radius 3 is 2.26 bits per heavy atom. The van der Waals surface area contributed by atoms with E-state index in [0.717, 1.165) is 5.56 Å². The van der Waals surface area contributed by atoms with E-state index in [4.69, 9.17) is 0 Å². The number of rotatable bonds is 2. The number of nitrogens with zero attached hydrogens (tertiary/aromatic N) is 2. The second-order valence-corrected chi connectivity index (χ2v) is 5.33. The lowest BCUT2D eigenvalue weighted by atomic mass is 10.0. The number of hydrogen-bond acceptors (Lipinski definition) is 2. The molecule has 0 saturated carbocycles. The lowest BCUT2D eigenvalue weighted by Gasteiger charge is -2.07. The molecule has 0 saturated heterocycles. The predicted octanol–water partition coefficient (Wildman–Crippen LogP) is 4.42. The molecule has 0 atom stereocenters. The van der Waals surface area contributed by atoms with Crippen molar-refractivity contribution in [2.24, 2.45) is 0 Å². The van der Waals surface area contributed by atoms with Crippen molar-refractivity contribution in [3.63, 3.8) is 0 Å². The molecule has 0 bridgehead atoms. The number of pyridine rings is 2. The van der Waals surface area contributed by atoms with Gasteiger partial charge in [-0.15, -0.1) is 0 Å². The van der Waals surface area contributed by atoms with Crippen LogP contribution in [-0.2, 0) is 0 Å². The van der Waals surface area contributed by atoms with Gasteiger partial charge in [0.1, 0.15) is 0 Å². The molecule has 0 aliphatic heterocycles. The van der Waals surface area contributed by atoms with Crippen LogP contribution in [0.2, 0.25) is 0 Å². The summed E-state index contributed by atoms with van der Waals surface area (Å²) in [6, 6.07) is 14.6. The summed E-state index contributed by atoms with van der Waals surface area (Å²) < 4.78 is 1.23. The van der Waals surface area contributed by atoms with Crippen LogP contribution in [0.5, 0.6) is 0 Å². The maximum atomic E-state index is 4.16. The Hall–Kier alpha value is -1.75. The summed E-state index contributed by atoms with van der Waals surface area (Å²) in [5, 5.41) is 0. The molecule has 0 fully saturated rings. The summed E-state index contributed by atoms with van der Waals surface area (Å²) in [5.74, 6) is 0. The molecule has 1 aromatic carbocycles. The van der Waals surface area contributed by atoms with Crippen molar-refractivity contribution in [1.82, 2.24) is 9.97 Å². The minimum absolute atomic E-state index is 1.14. The van der Waals surface area contributed by atoms with Crippen molar-refractivity contribution < 1.29 is 0 Å². The molecule has 19 heavy (non-hydrogen) atoms. The molecule has 0 N–H and O–H groups in total. The van der Waals surface area contributed by atoms with Gasteiger partial charge in [-0.05, 0) is 63.5 Å². The molecule has 2 aromatic heterocycles. The zero-order chi connectivity index (χ0) is 13.1. The number of aromatic nitrogens is 2. The van der Waals surface area contributed by atoms with Crippen LogP contribution < -0.4 is 0 Å². The molecule has 2 heterocycles. The molecule has 0 amide bonds. The summed E-state index contributed by atoms with van der Waals surface area (Å²) in [6.45, 7) is 0. The van der Waals surface area contributed by atoms with Gasteiger partial charge in [-0.3, -0.25) is 9.97 Å². The quantitative estimate of drug-likeness (QED) is 0.634. The molecule has 2 nitrogen and oxygen atoms in total. The highest BCUT2D eigenvalue weighted by molar-refractivity contribution is 14.1. The van der Waals surface area contributed by atoms with Gasteiger partial charge >= 0.3 is 0 Å². The van der Waals surface area contributed by atoms with Gasteiger partial charge in [-0.25, -0.2) is 0 Å². The molecule has 3 aromatic rings. The fourth-order valence-corrected chi connectivity index (χ4v) is 2.82. The van der Waals surface area contributed by atoms with Gasteiger partial charge in [-0.1, -0.05) is 18.2 Å². The largest absolute Gasteiger partial charge is 0.265 e. The number of halogens is 1. The van der Waals surface area contributed by atoms with E-state index in [1.165, 1.54) is 20.3 Å². The molecule has 0 spiro atoms. The Labute approximate surface area is 125 Å². The van der Waals surface area contributed by atoms with Crippen LogP contribution in [0.4, 0.5) is 0 Å². The van der Waals surface area contributed by atoms with Crippen molar-refractivity contribution in [3.8, 4) is 22.3 Å². The molecular weight excluding hydrogens is 347 g/mol. The first-order chi connectivity index (χ1) is 9.34. The Balaban J connectivity index is 2.04. The molecule has 92 valence electrons. The van der Waals surface area contributed by atoms with E-state index in [2.05, 4.69) is 56.8 Å². The zero-order valence-electron chi connectivity index (χ0n) is 10.1. The third-order valence-corrected chi connectivity index (χ3v) is 3.85. The van der Waals surface area contributed by atoms with Gasteiger partial charge in [0.15, 0.2) is 0 Å². The van der Waals surface area contributed by atoms with Crippen molar-refractivity contribution in [1.29, 1.82) is 0 Å². The SMILES string of the molecule is Ic1cc(-c2cccnc2)ccc1-c1ccncc1. The molecular formula is C16H11IN2. The van der Waals surface area contributed by atoms with Crippen LogP contribution in [0.25, 0.3) is 22.3 Å². The van der Waals surface area contributed by atoms with Crippen LogP contribution in [0.15, 0.2) is 67.3 Å². The minimum Gasteiger partial charge on any atom is -0.265 e. The molecule has 0 unspecified atom stereocenters. The highest BCUT2D eigenvalue weighted by atomic mass is 127. The predicted molar refractivity (Wildman–Crippen MR) is 85.6 cm³/mol. The van der Waals surface area contributed by atoms with Gasteiger partial charge in [0.2, 0.25) is 0 Å². The average Bonchev–Trinajstić information content (AvgIpc) is 2.49. The minimum atomic E-state index is 1.14. The van der Waals surface area contributed by atoms with E-state index >= 15 is 0 Å². The van der Waals surface area contributed by atoms with Gasteiger partial charge in [0.05, 0.1) is 0 Å². The fraction of sp³-hybridized carbons (Fsp3) is 0. The molecule has 0 radical (unpaired) electrons. The third-order valence-electron chi connectivity index (χ3n) is 2.96. The third kappa shape index (κ3) is 2.66. The van der Waals surface area contributed by atoms with E-state index < -0.39 is 0 Å². The summed E-state index contributed by atoms with van der Waals surface area (Å²) in [5.41, 5.74) is 4.75. The lowest BCUT2D eigenvalue weighted by Crippen LogP contribution is -1.86. The number of benzene rings is 1. The van der Waals surface area contributed by atoms with Gasteiger partial charge in [0, 0.05) is 33.9 Å². The highest BCUT2D eigenvalue weighted by Gasteiger charge is 2.05. The van der Waals surface area contributed by atoms with Crippen LogP contribution in [-0.4, -0.2) is 9.97 Å². The topological polar surface area (TPSA) is 25.8 Å². The van der Waals surface area contributed by atoms with E-state index in [1.54, 1.807) is 6.20 Å². The van der Waals surface area contributed by atoms with Crippen LogP contribution >= 0.6 is 22.6 Å².